The van der Waals surface area contributed by atoms with Crippen LogP contribution in [0.4, 0.5) is 17.2 Å². The molecule has 0 saturated carbocycles. The van der Waals surface area contributed by atoms with Crippen LogP contribution in [-0.2, 0) is 0 Å². The van der Waals surface area contributed by atoms with Crippen LogP contribution >= 0.6 is 23.2 Å². The van der Waals surface area contributed by atoms with Gasteiger partial charge in [0, 0.05) is 23.1 Å². The predicted molar refractivity (Wildman–Crippen MR) is 107 cm³/mol. The van der Waals surface area contributed by atoms with Gasteiger partial charge in [0.15, 0.2) is 5.75 Å². The lowest BCUT2D eigenvalue weighted by atomic mass is 10.1. The normalized spacial score (nSPS) is 10.4. The van der Waals surface area contributed by atoms with E-state index in [2.05, 4.69) is 20.6 Å². The summed E-state index contributed by atoms with van der Waals surface area (Å²) in [6, 6.07) is 12.1. The maximum Gasteiger partial charge on any atom is 0.261 e. The van der Waals surface area contributed by atoms with Crippen molar-refractivity contribution in [2.24, 2.45) is 0 Å². The highest BCUT2D eigenvalue weighted by Gasteiger charge is 2.19. The second-order valence-corrected chi connectivity index (χ2v) is 6.45. The van der Waals surface area contributed by atoms with E-state index in [1.54, 1.807) is 24.3 Å². The summed E-state index contributed by atoms with van der Waals surface area (Å²) in [5.74, 6) is 0.514. The van der Waals surface area contributed by atoms with Crippen molar-refractivity contribution in [1.82, 2.24) is 9.97 Å². The molecule has 3 rings (SSSR count). The zero-order valence-corrected chi connectivity index (χ0v) is 16.1. The summed E-state index contributed by atoms with van der Waals surface area (Å²) in [7, 11) is 1.43. The first kappa shape index (κ1) is 18.9. The fraction of sp³-hybridized carbons (Fsp3) is 0.105. The maximum atomic E-state index is 12.6. The summed E-state index contributed by atoms with van der Waals surface area (Å²) < 4.78 is 5.21. The van der Waals surface area contributed by atoms with Crippen LogP contribution in [0.5, 0.6) is 5.75 Å². The van der Waals surface area contributed by atoms with E-state index in [-0.39, 0.29) is 16.3 Å². The number of rotatable bonds is 5. The smallest absolute Gasteiger partial charge is 0.261 e. The lowest BCUT2D eigenvalue weighted by Gasteiger charge is -2.13. The van der Waals surface area contributed by atoms with Gasteiger partial charge in [-0.2, -0.15) is 0 Å². The first-order valence-electron chi connectivity index (χ1n) is 7.97. The number of hydrogen-bond donors (Lipinski definition) is 2. The number of nitrogens with zero attached hydrogens (tertiary/aromatic N) is 2. The van der Waals surface area contributed by atoms with Crippen molar-refractivity contribution in [2.45, 2.75) is 6.92 Å². The standard InChI is InChI=1S/C19H16Cl2N4O2/c1-11-9-16(23-10-22-11)24-12-3-5-13(6-4-12)25-19(26)17-14(20)7-8-15(21)18(17)27-2/h3-10H,1-2H3,(H,25,26)(H,22,23,24). The topological polar surface area (TPSA) is 76.1 Å². The zero-order valence-electron chi connectivity index (χ0n) is 14.6. The molecule has 27 heavy (non-hydrogen) atoms. The van der Waals surface area contributed by atoms with Gasteiger partial charge in [-0.05, 0) is 43.3 Å². The number of aryl methyl sites for hydroxylation is 1. The first-order valence-corrected chi connectivity index (χ1v) is 8.72. The van der Waals surface area contributed by atoms with Gasteiger partial charge in [-0.15, -0.1) is 0 Å². The number of nitrogens with one attached hydrogen (secondary N) is 2. The predicted octanol–water partition coefficient (Wildman–Crippen LogP) is 5.10. The van der Waals surface area contributed by atoms with Gasteiger partial charge in [0.1, 0.15) is 17.7 Å². The van der Waals surface area contributed by atoms with Gasteiger partial charge in [0.05, 0.1) is 17.2 Å². The van der Waals surface area contributed by atoms with E-state index in [0.29, 0.717) is 16.5 Å². The number of hydrogen-bond acceptors (Lipinski definition) is 5. The summed E-state index contributed by atoms with van der Waals surface area (Å²) in [6.45, 7) is 1.89. The lowest BCUT2D eigenvalue weighted by molar-refractivity contribution is 0.102. The van der Waals surface area contributed by atoms with Gasteiger partial charge >= 0.3 is 0 Å². The fourth-order valence-corrected chi connectivity index (χ4v) is 2.91. The number of aromatic nitrogens is 2. The molecule has 0 aliphatic rings. The summed E-state index contributed by atoms with van der Waals surface area (Å²) >= 11 is 12.2. The molecule has 138 valence electrons. The van der Waals surface area contributed by atoms with Crippen LogP contribution in [0, 0.1) is 6.92 Å². The molecule has 2 aromatic carbocycles. The van der Waals surface area contributed by atoms with E-state index >= 15 is 0 Å². The number of amides is 1. The summed E-state index contributed by atoms with van der Waals surface area (Å²) in [5.41, 5.74) is 2.47. The Morgan fingerprint density at radius 2 is 1.67 bits per heavy atom. The van der Waals surface area contributed by atoms with Crippen LogP contribution in [0.25, 0.3) is 0 Å². The SMILES string of the molecule is COc1c(Cl)ccc(Cl)c1C(=O)Nc1ccc(Nc2cc(C)ncn2)cc1. The average molecular weight is 403 g/mol. The van der Waals surface area contributed by atoms with Gasteiger partial charge in [-0.3, -0.25) is 4.79 Å². The van der Waals surface area contributed by atoms with Crippen molar-refractivity contribution in [2.75, 3.05) is 17.7 Å². The molecule has 0 aliphatic heterocycles. The Morgan fingerprint density at radius 1 is 1.00 bits per heavy atom. The van der Waals surface area contributed by atoms with Crippen LogP contribution in [0.2, 0.25) is 10.0 Å². The lowest BCUT2D eigenvalue weighted by Crippen LogP contribution is -2.14. The van der Waals surface area contributed by atoms with E-state index in [1.807, 2.05) is 25.1 Å². The van der Waals surface area contributed by atoms with Crippen LogP contribution < -0.4 is 15.4 Å². The highest BCUT2D eigenvalue weighted by atomic mass is 35.5. The molecule has 0 atom stereocenters. The molecule has 1 heterocycles. The number of carbonyl (C=O) groups excluding carboxylic acids is 1. The minimum Gasteiger partial charge on any atom is -0.494 e. The Kier molecular flexibility index (Phi) is 5.78. The molecule has 0 saturated heterocycles. The number of methoxy groups -OCH3 is 1. The Balaban J connectivity index is 1.75. The monoisotopic (exact) mass is 402 g/mol. The van der Waals surface area contributed by atoms with Crippen molar-refractivity contribution >= 4 is 46.3 Å². The third-order valence-corrected chi connectivity index (χ3v) is 4.32. The van der Waals surface area contributed by atoms with Gasteiger partial charge in [-0.25, -0.2) is 9.97 Å². The van der Waals surface area contributed by atoms with Crippen molar-refractivity contribution < 1.29 is 9.53 Å². The second kappa shape index (κ2) is 8.24. The fourth-order valence-electron chi connectivity index (χ4n) is 2.45. The highest BCUT2D eigenvalue weighted by molar-refractivity contribution is 6.37. The molecule has 2 N–H and O–H groups in total. The van der Waals surface area contributed by atoms with Gasteiger partial charge < -0.3 is 15.4 Å². The molecule has 1 amide bonds. The molecule has 3 aromatic rings. The van der Waals surface area contributed by atoms with Crippen molar-refractivity contribution in [1.29, 1.82) is 0 Å². The Hall–Kier alpha value is -2.83. The van der Waals surface area contributed by atoms with Crippen molar-refractivity contribution in [3.63, 3.8) is 0 Å². The molecule has 1 aromatic heterocycles. The average Bonchev–Trinajstić information content (AvgIpc) is 2.65. The van der Waals surface area contributed by atoms with Crippen molar-refractivity contribution in [3.8, 4) is 5.75 Å². The molecule has 0 aliphatic carbocycles. The largest absolute Gasteiger partial charge is 0.494 e. The molecule has 0 radical (unpaired) electrons. The number of benzene rings is 2. The molecule has 8 heteroatoms. The number of halogens is 2. The minimum atomic E-state index is -0.411. The number of anilines is 3. The van der Waals surface area contributed by atoms with Gasteiger partial charge in [0.25, 0.3) is 5.91 Å². The Labute approximate surface area is 166 Å². The zero-order chi connectivity index (χ0) is 19.4. The van der Waals surface area contributed by atoms with E-state index in [1.165, 1.54) is 13.4 Å². The summed E-state index contributed by atoms with van der Waals surface area (Å²) in [6.07, 6.45) is 1.49. The first-order chi connectivity index (χ1) is 13.0. The molecule has 0 unspecified atom stereocenters. The molecule has 6 nitrogen and oxygen atoms in total. The molecule has 0 bridgehead atoms. The minimum absolute atomic E-state index is 0.185. The van der Waals surface area contributed by atoms with Crippen molar-refractivity contribution in [3.05, 3.63) is 70.1 Å². The molecular weight excluding hydrogens is 387 g/mol. The van der Waals surface area contributed by atoms with Crippen LogP contribution in [0.1, 0.15) is 16.1 Å². The van der Waals surface area contributed by atoms with Crippen LogP contribution in [-0.4, -0.2) is 23.0 Å². The van der Waals surface area contributed by atoms with E-state index in [9.17, 15) is 4.79 Å². The Bertz CT molecular complexity index is 978. The molecular formula is C19H16Cl2N4O2. The molecule has 0 fully saturated rings. The third kappa shape index (κ3) is 4.48. The maximum absolute atomic E-state index is 12.6. The highest BCUT2D eigenvalue weighted by Crippen LogP contribution is 2.34. The Morgan fingerprint density at radius 3 is 2.33 bits per heavy atom. The van der Waals surface area contributed by atoms with Crippen LogP contribution in [0.15, 0.2) is 48.8 Å². The summed E-state index contributed by atoms with van der Waals surface area (Å²) in [5, 5.41) is 6.52. The van der Waals surface area contributed by atoms with E-state index in [4.69, 9.17) is 27.9 Å². The van der Waals surface area contributed by atoms with Crippen LogP contribution in [0.3, 0.4) is 0 Å². The third-order valence-electron chi connectivity index (χ3n) is 3.71. The number of ether oxygens (including phenoxy) is 1. The van der Waals surface area contributed by atoms with E-state index < -0.39 is 5.91 Å². The molecule has 0 spiro atoms. The summed E-state index contributed by atoms with van der Waals surface area (Å²) in [4.78, 5) is 20.8. The van der Waals surface area contributed by atoms with E-state index in [0.717, 1.165) is 11.4 Å². The van der Waals surface area contributed by atoms with Gasteiger partial charge in [0.2, 0.25) is 0 Å². The van der Waals surface area contributed by atoms with Gasteiger partial charge in [-0.1, -0.05) is 23.2 Å². The quantitative estimate of drug-likeness (QED) is 0.620. The second-order valence-electron chi connectivity index (χ2n) is 5.64. The number of carbonyl (C=O) groups is 1.